The number of allylic oxidation sites excluding steroid dienone is 2. The van der Waals surface area contributed by atoms with Crippen molar-refractivity contribution in [2.75, 3.05) is 0 Å². The first-order valence-corrected chi connectivity index (χ1v) is 6.76. The van der Waals surface area contributed by atoms with Gasteiger partial charge in [-0.3, -0.25) is 0 Å². The van der Waals surface area contributed by atoms with Crippen molar-refractivity contribution in [1.29, 1.82) is 0 Å². The molecular formula is C17H23NO2. The highest BCUT2D eigenvalue weighted by atomic mass is 16.6. The van der Waals surface area contributed by atoms with E-state index in [1.54, 1.807) is 0 Å². The molecule has 3 heteroatoms. The summed E-state index contributed by atoms with van der Waals surface area (Å²) in [7, 11) is 0. The van der Waals surface area contributed by atoms with E-state index in [0.29, 0.717) is 0 Å². The molecule has 0 aromatic heterocycles. The van der Waals surface area contributed by atoms with Gasteiger partial charge in [-0.2, -0.15) is 0 Å². The first-order valence-electron chi connectivity index (χ1n) is 6.76. The van der Waals surface area contributed by atoms with Crippen molar-refractivity contribution in [3.63, 3.8) is 0 Å². The molecule has 1 amide bonds. The molecule has 0 unspecified atom stereocenters. The van der Waals surface area contributed by atoms with Gasteiger partial charge in [0.2, 0.25) is 0 Å². The van der Waals surface area contributed by atoms with Gasteiger partial charge in [-0.05, 0) is 33.3 Å². The highest BCUT2D eigenvalue weighted by Gasteiger charge is 2.16. The Morgan fingerprint density at radius 3 is 2.45 bits per heavy atom. The zero-order valence-electron chi connectivity index (χ0n) is 12.6. The fourth-order valence-corrected chi connectivity index (χ4v) is 1.50. The van der Waals surface area contributed by atoms with Crippen LogP contribution in [0.2, 0.25) is 0 Å². The van der Waals surface area contributed by atoms with Gasteiger partial charge < -0.3 is 10.1 Å². The maximum absolute atomic E-state index is 11.5. The molecule has 0 spiro atoms. The number of hydrogen-bond acceptors (Lipinski definition) is 2. The Balaban J connectivity index is 2.39. The van der Waals surface area contributed by atoms with E-state index in [4.69, 9.17) is 4.74 Å². The van der Waals surface area contributed by atoms with Gasteiger partial charge in [0, 0.05) is 6.04 Å². The quantitative estimate of drug-likeness (QED) is 0.836. The summed E-state index contributed by atoms with van der Waals surface area (Å²) in [5.41, 5.74) is 0.672. The van der Waals surface area contributed by atoms with E-state index in [0.717, 1.165) is 5.56 Å². The first-order chi connectivity index (χ1) is 9.37. The molecule has 20 heavy (non-hydrogen) atoms. The minimum absolute atomic E-state index is 0.0785. The standard InChI is InChI=1S/C17H23NO2/c1-14(18-16(19)20-17(2,3)4)10-8-9-13-15-11-6-5-7-12-15/h5-14H,1-4H3,(H,18,19)/b10-8+,13-9+/t14-/m1/s1. The normalized spacial score (nSPS) is 13.6. The lowest BCUT2D eigenvalue weighted by Crippen LogP contribution is -2.36. The summed E-state index contributed by atoms with van der Waals surface area (Å²) < 4.78 is 5.18. The number of carbonyl (C=O) groups is 1. The molecule has 108 valence electrons. The van der Waals surface area contributed by atoms with E-state index >= 15 is 0 Å². The number of rotatable bonds is 4. The smallest absolute Gasteiger partial charge is 0.408 e. The summed E-state index contributed by atoms with van der Waals surface area (Å²) in [6.07, 6.45) is 7.37. The number of benzene rings is 1. The van der Waals surface area contributed by atoms with Crippen LogP contribution < -0.4 is 5.32 Å². The topological polar surface area (TPSA) is 38.3 Å². The fraction of sp³-hybridized carbons (Fsp3) is 0.353. The summed E-state index contributed by atoms with van der Waals surface area (Å²) in [5.74, 6) is 0. The van der Waals surface area contributed by atoms with E-state index in [9.17, 15) is 4.79 Å². The summed E-state index contributed by atoms with van der Waals surface area (Å²) >= 11 is 0. The van der Waals surface area contributed by atoms with Crippen LogP contribution >= 0.6 is 0 Å². The average molecular weight is 273 g/mol. The Bertz CT molecular complexity index is 470. The maximum Gasteiger partial charge on any atom is 0.408 e. The van der Waals surface area contributed by atoms with Crippen molar-refractivity contribution in [2.45, 2.75) is 39.3 Å². The summed E-state index contributed by atoms with van der Waals surface area (Å²) in [6, 6.07) is 9.97. The fourth-order valence-electron chi connectivity index (χ4n) is 1.50. The van der Waals surface area contributed by atoms with Crippen LogP contribution in [0.25, 0.3) is 6.08 Å². The number of nitrogens with one attached hydrogen (secondary N) is 1. The van der Waals surface area contributed by atoms with Crippen LogP contribution in [0, 0.1) is 0 Å². The lowest BCUT2D eigenvalue weighted by Gasteiger charge is -2.20. The van der Waals surface area contributed by atoms with Gasteiger partial charge in [0.1, 0.15) is 5.60 Å². The lowest BCUT2D eigenvalue weighted by molar-refractivity contribution is 0.0518. The van der Waals surface area contributed by atoms with Crippen LogP contribution in [0.3, 0.4) is 0 Å². The van der Waals surface area contributed by atoms with Crippen molar-refractivity contribution >= 4 is 12.2 Å². The molecule has 1 atom stereocenters. The van der Waals surface area contributed by atoms with E-state index < -0.39 is 11.7 Å². The van der Waals surface area contributed by atoms with Crippen LogP contribution in [0.4, 0.5) is 4.79 Å². The Kier molecular flexibility index (Phi) is 6.04. The van der Waals surface area contributed by atoms with E-state index in [2.05, 4.69) is 5.32 Å². The Morgan fingerprint density at radius 1 is 1.20 bits per heavy atom. The molecule has 0 bridgehead atoms. The molecule has 0 saturated carbocycles. The molecule has 1 rings (SSSR count). The third-order valence-electron chi connectivity index (χ3n) is 2.34. The molecule has 1 aromatic carbocycles. The number of carbonyl (C=O) groups excluding carboxylic acids is 1. The number of ether oxygens (including phenoxy) is 1. The van der Waals surface area contributed by atoms with Crippen molar-refractivity contribution in [1.82, 2.24) is 5.32 Å². The monoisotopic (exact) mass is 273 g/mol. The Morgan fingerprint density at radius 2 is 1.85 bits per heavy atom. The van der Waals surface area contributed by atoms with Gasteiger partial charge in [0.25, 0.3) is 0 Å². The molecule has 3 nitrogen and oxygen atoms in total. The maximum atomic E-state index is 11.5. The zero-order chi connectivity index (χ0) is 15.0. The minimum atomic E-state index is -0.471. The van der Waals surface area contributed by atoms with Crippen molar-refractivity contribution in [3.8, 4) is 0 Å². The van der Waals surface area contributed by atoms with Crippen molar-refractivity contribution in [3.05, 3.63) is 54.1 Å². The predicted octanol–water partition coefficient (Wildman–Crippen LogP) is 4.17. The molecule has 0 aliphatic carbocycles. The number of amides is 1. The molecule has 1 N–H and O–H groups in total. The molecular weight excluding hydrogens is 250 g/mol. The van der Waals surface area contributed by atoms with Crippen LogP contribution in [0.15, 0.2) is 48.6 Å². The molecule has 0 saturated heterocycles. The SMILES string of the molecule is C[C@H](/C=C/C=C/c1ccccc1)NC(=O)OC(C)(C)C. The molecule has 0 radical (unpaired) electrons. The van der Waals surface area contributed by atoms with Gasteiger partial charge in [-0.1, -0.05) is 54.6 Å². The average Bonchev–Trinajstić information content (AvgIpc) is 2.33. The molecule has 1 aromatic rings. The van der Waals surface area contributed by atoms with E-state index in [1.807, 2.05) is 82.3 Å². The molecule has 0 fully saturated rings. The van der Waals surface area contributed by atoms with Crippen LogP contribution in [-0.2, 0) is 4.74 Å². The Hall–Kier alpha value is -2.03. The van der Waals surface area contributed by atoms with Gasteiger partial charge in [-0.25, -0.2) is 4.79 Å². The first kappa shape index (κ1) is 16.0. The van der Waals surface area contributed by atoms with E-state index in [-0.39, 0.29) is 6.04 Å². The second-order valence-corrected chi connectivity index (χ2v) is 5.59. The second kappa shape index (κ2) is 7.53. The van der Waals surface area contributed by atoms with Crippen molar-refractivity contribution in [2.24, 2.45) is 0 Å². The van der Waals surface area contributed by atoms with Crippen LogP contribution in [0.1, 0.15) is 33.3 Å². The lowest BCUT2D eigenvalue weighted by atomic mass is 10.2. The highest BCUT2D eigenvalue weighted by molar-refractivity contribution is 5.68. The second-order valence-electron chi connectivity index (χ2n) is 5.59. The van der Waals surface area contributed by atoms with Crippen LogP contribution in [0.5, 0.6) is 0 Å². The zero-order valence-corrected chi connectivity index (χ0v) is 12.6. The number of alkyl carbamates (subject to hydrolysis) is 1. The number of hydrogen-bond donors (Lipinski definition) is 1. The van der Waals surface area contributed by atoms with Gasteiger partial charge in [-0.15, -0.1) is 0 Å². The summed E-state index contributed by atoms with van der Waals surface area (Å²) in [5, 5.41) is 2.75. The Labute approximate surface area is 121 Å². The van der Waals surface area contributed by atoms with Crippen LogP contribution in [-0.4, -0.2) is 17.7 Å². The largest absolute Gasteiger partial charge is 0.444 e. The molecule has 0 aliphatic rings. The highest BCUT2D eigenvalue weighted by Crippen LogP contribution is 2.07. The van der Waals surface area contributed by atoms with Crippen molar-refractivity contribution < 1.29 is 9.53 Å². The summed E-state index contributed by atoms with van der Waals surface area (Å²) in [4.78, 5) is 11.5. The van der Waals surface area contributed by atoms with Gasteiger partial charge >= 0.3 is 6.09 Å². The third-order valence-corrected chi connectivity index (χ3v) is 2.34. The van der Waals surface area contributed by atoms with Gasteiger partial charge in [0.05, 0.1) is 0 Å². The summed E-state index contributed by atoms with van der Waals surface area (Å²) in [6.45, 7) is 7.43. The molecule has 0 heterocycles. The van der Waals surface area contributed by atoms with E-state index in [1.165, 1.54) is 0 Å². The predicted molar refractivity (Wildman–Crippen MR) is 83.4 cm³/mol. The van der Waals surface area contributed by atoms with Gasteiger partial charge in [0.15, 0.2) is 0 Å². The third kappa shape index (κ3) is 7.41. The molecule has 0 aliphatic heterocycles. The minimum Gasteiger partial charge on any atom is -0.444 e.